The maximum Gasteiger partial charge on any atom is 0.0137 e. The van der Waals surface area contributed by atoms with Crippen LogP contribution in [0.1, 0.15) is 52.9 Å². The molecule has 0 aromatic rings. The Hall–Kier alpha value is -0.560. The number of rotatable bonds is 1. The van der Waals surface area contributed by atoms with Gasteiger partial charge in [0.1, 0.15) is 0 Å². The van der Waals surface area contributed by atoms with Crippen LogP contribution in [0.3, 0.4) is 0 Å². The molecule has 0 saturated carbocycles. The van der Waals surface area contributed by atoms with Gasteiger partial charge >= 0.3 is 0 Å². The number of hydrogen-bond acceptors (Lipinski definition) is 1. The Labute approximate surface area is 107 Å². The minimum atomic E-state index is 0.603. The average Bonchev–Trinajstić information content (AvgIpc) is 2.25. The van der Waals surface area contributed by atoms with Gasteiger partial charge in [-0.15, -0.1) is 0 Å². The van der Waals surface area contributed by atoms with Gasteiger partial charge in [0.05, 0.1) is 0 Å². The van der Waals surface area contributed by atoms with Crippen molar-refractivity contribution in [3.8, 4) is 0 Å². The van der Waals surface area contributed by atoms with Crippen LogP contribution in [0.5, 0.6) is 0 Å². The van der Waals surface area contributed by atoms with E-state index < -0.39 is 0 Å². The molecule has 1 heteroatoms. The third-order valence-electron chi connectivity index (χ3n) is 3.97. The summed E-state index contributed by atoms with van der Waals surface area (Å²) in [5.41, 5.74) is 2.82. The maximum atomic E-state index is 4.15. The summed E-state index contributed by atoms with van der Waals surface area (Å²) in [5, 5.41) is 3.52. The van der Waals surface area contributed by atoms with Gasteiger partial charge in [0.2, 0.25) is 0 Å². The zero-order chi connectivity index (χ0) is 12.7. The topological polar surface area (TPSA) is 12.0 Å². The van der Waals surface area contributed by atoms with Crippen LogP contribution in [0, 0.1) is 11.8 Å². The monoisotopic (exact) mass is 235 g/mol. The second kappa shape index (κ2) is 7.71. The van der Waals surface area contributed by atoms with E-state index in [-0.39, 0.29) is 0 Å². The quantitative estimate of drug-likeness (QED) is 0.668. The van der Waals surface area contributed by atoms with E-state index in [9.17, 15) is 0 Å². The SMILES string of the molecule is C=C(C)C1CCCCC(C)CCNCC=C1C. The maximum absolute atomic E-state index is 4.15. The lowest BCUT2D eigenvalue weighted by molar-refractivity contribution is 0.437. The summed E-state index contributed by atoms with van der Waals surface area (Å²) >= 11 is 0. The molecule has 1 N–H and O–H groups in total. The predicted octanol–water partition coefficient (Wildman–Crippen LogP) is 4.31. The van der Waals surface area contributed by atoms with Crippen LogP contribution in [0.15, 0.2) is 23.8 Å². The molecule has 0 aromatic carbocycles. The molecule has 0 bridgehead atoms. The number of allylic oxidation sites excluding steroid dienone is 2. The third-order valence-corrected chi connectivity index (χ3v) is 3.97. The normalized spacial score (nSPS) is 28.8. The molecule has 2 unspecified atom stereocenters. The first kappa shape index (κ1) is 14.5. The predicted molar refractivity (Wildman–Crippen MR) is 77.2 cm³/mol. The van der Waals surface area contributed by atoms with Crippen molar-refractivity contribution in [3.63, 3.8) is 0 Å². The van der Waals surface area contributed by atoms with Crippen molar-refractivity contribution in [1.82, 2.24) is 5.32 Å². The van der Waals surface area contributed by atoms with Gasteiger partial charge in [0.25, 0.3) is 0 Å². The van der Waals surface area contributed by atoms with Crippen molar-refractivity contribution in [3.05, 3.63) is 23.8 Å². The smallest absolute Gasteiger partial charge is 0.0137 e. The lowest BCUT2D eigenvalue weighted by Crippen LogP contribution is -2.19. The van der Waals surface area contributed by atoms with Gasteiger partial charge in [-0.1, -0.05) is 50.0 Å². The summed E-state index contributed by atoms with van der Waals surface area (Å²) in [6, 6.07) is 0. The summed E-state index contributed by atoms with van der Waals surface area (Å²) in [6.45, 7) is 13.1. The van der Waals surface area contributed by atoms with Gasteiger partial charge in [-0.25, -0.2) is 0 Å². The molecule has 2 atom stereocenters. The molecule has 1 nitrogen and oxygen atoms in total. The molecule has 1 aliphatic heterocycles. The number of nitrogens with one attached hydrogen (secondary N) is 1. The molecule has 98 valence electrons. The fourth-order valence-corrected chi connectivity index (χ4v) is 2.67. The zero-order valence-electron chi connectivity index (χ0n) is 11.9. The van der Waals surface area contributed by atoms with Gasteiger partial charge in [0, 0.05) is 6.54 Å². The highest BCUT2D eigenvalue weighted by Crippen LogP contribution is 2.26. The molecule has 0 amide bonds. The molecule has 0 saturated heterocycles. The molecule has 1 aliphatic rings. The number of hydrogen-bond donors (Lipinski definition) is 1. The Morgan fingerprint density at radius 2 is 2.00 bits per heavy atom. The molecule has 1 heterocycles. The first-order chi connectivity index (χ1) is 8.11. The van der Waals surface area contributed by atoms with Crippen LogP contribution < -0.4 is 5.32 Å². The van der Waals surface area contributed by atoms with E-state index >= 15 is 0 Å². The Morgan fingerprint density at radius 3 is 2.71 bits per heavy atom. The van der Waals surface area contributed by atoms with E-state index in [1.807, 2.05) is 0 Å². The van der Waals surface area contributed by atoms with Crippen molar-refractivity contribution >= 4 is 0 Å². The van der Waals surface area contributed by atoms with Crippen molar-refractivity contribution in [2.24, 2.45) is 11.8 Å². The zero-order valence-corrected chi connectivity index (χ0v) is 11.9. The summed E-state index contributed by atoms with van der Waals surface area (Å²) in [6.07, 6.45) is 9.05. The van der Waals surface area contributed by atoms with Crippen LogP contribution in [0.4, 0.5) is 0 Å². The molecule has 0 radical (unpaired) electrons. The molecule has 17 heavy (non-hydrogen) atoms. The minimum absolute atomic E-state index is 0.603. The van der Waals surface area contributed by atoms with E-state index in [1.165, 1.54) is 43.3 Å². The average molecular weight is 235 g/mol. The molecular formula is C16H29N. The first-order valence-corrected chi connectivity index (χ1v) is 7.14. The van der Waals surface area contributed by atoms with Gasteiger partial charge in [-0.05, 0) is 45.1 Å². The van der Waals surface area contributed by atoms with Crippen molar-refractivity contribution in [2.45, 2.75) is 52.9 Å². The van der Waals surface area contributed by atoms with E-state index in [2.05, 4.69) is 38.7 Å². The standard InChI is InChI=1S/C16H29N/c1-13(2)16-8-6-5-7-14(3)9-11-17-12-10-15(16)4/h10,14,16-17H,1,5-9,11-12H2,2-4H3. The Morgan fingerprint density at radius 1 is 1.29 bits per heavy atom. The first-order valence-electron chi connectivity index (χ1n) is 7.14. The van der Waals surface area contributed by atoms with Crippen LogP contribution in [0.25, 0.3) is 0 Å². The van der Waals surface area contributed by atoms with Crippen molar-refractivity contribution in [1.29, 1.82) is 0 Å². The Bertz CT molecular complexity index is 265. The van der Waals surface area contributed by atoms with Crippen LogP contribution >= 0.6 is 0 Å². The molecule has 0 fully saturated rings. The summed E-state index contributed by atoms with van der Waals surface area (Å²) < 4.78 is 0. The molecule has 0 spiro atoms. The second-order valence-electron chi connectivity index (χ2n) is 5.73. The third kappa shape index (κ3) is 5.54. The summed E-state index contributed by atoms with van der Waals surface area (Å²) in [5.74, 6) is 1.47. The van der Waals surface area contributed by atoms with Crippen molar-refractivity contribution in [2.75, 3.05) is 13.1 Å². The lowest BCUT2D eigenvalue weighted by atomic mass is 9.87. The highest BCUT2D eigenvalue weighted by atomic mass is 14.8. The van der Waals surface area contributed by atoms with Gasteiger partial charge in [-0.2, -0.15) is 0 Å². The highest BCUT2D eigenvalue weighted by Gasteiger charge is 2.12. The van der Waals surface area contributed by atoms with Gasteiger partial charge in [-0.3, -0.25) is 0 Å². The molecule has 0 aliphatic carbocycles. The fraction of sp³-hybridized carbons (Fsp3) is 0.750. The van der Waals surface area contributed by atoms with Crippen LogP contribution in [0.2, 0.25) is 0 Å². The van der Waals surface area contributed by atoms with E-state index in [1.54, 1.807) is 0 Å². The summed E-state index contributed by atoms with van der Waals surface area (Å²) in [7, 11) is 0. The fourth-order valence-electron chi connectivity index (χ4n) is 2.67. The molecular weight excluding hydrogens is 206 g/mol. The lowest BCUT2D eigenvalue weighted by Gasteiger charge is -2.20. The second-order valence-corrected chi connectivity index (χ2v) is 5.73. The molecule has 1 rings (SSSR count). The highest BCUT2D eigenvalue weighted by molar-refractivity contribution is 5.16. The van der Waals surface area contributed by atoms with Crippen LogP contribution in [-0.2, 0) is 0 Å². The minimum Gasteiger partial charge on any atom is -0.313 e. The van der Waals surface area contributed by atoms with Gasteiger partial charge < -0.3 is 5.32 Å². The summed E-state index contributed by atoms with van der Waals surface area (Å²) in [4.78, 5) is 0. The Kier molecular flexibility index (Phi) is 6.57. The Balaban J connectivity index is 2.59. The van der Waals surface area contributed by atoms with E-state index in [0.717, 1.165) is 19.0 Å². The van der Waals surface area contributed by atoms with Crippen molar-refractivity contribution < 1.29 is 0 Å². The largest absolute Gasteiger partial charge is 0.313 e. The van der Waals surface area contributed by atoms with Gasteiger partial charge in [0.15, 0.2) is 0 Å². The molecule has 0 aromatic heterocycles. The van der Waals surface area contributed by atoms with E-state index in [4.69, 9.17) is 0 Å². The van der Waals surface area contributed by atoms with E-state index in [0.29, 0.717) is 5.92 Å². The van der Waals surface area contributed by atoms with Crippen LogP contribution in [-0.4, -0.2) is 13.1 Å².